The Kier molecular flexibility index (Phi) is 6.64. The summed E-state index contributed by atoms with van der Waals surface area (Å²) in [6.45, 7) is 6.32. The molecule has 1 atom stereocenters. The van der Waals surface area contributed by atoms with Crippen molar-refractivity contribution in [1.29, 1.82) is 0 Å². The first kappa shape index (κ1) is 21.0. The minimum Gasteiger partial charge on any atom is -0.497 e. The number of hydrogen-bond donors (Lipinski definition) is 2. The largest absolute Gasteiger partial charge is 0.497 e. The van der Waals surface area contributed by atoms with Gasteiger partial charge in [-0.25, -0.2) is 4.98 Å². The molecule has 3 rings (SSSR count). The molecule has 29 heavy (non-hydrogen) atoms. The lowest BCUT2D eigenvalue weighted by molar-refractivity contribution is -0.118. The Labute approximate surface area is 173 Å². The molecule has 154 valence electrons. The highest BCUT2D eigenvalue weighted by Crippen LogP contribution is 2.22. The van der Waals surface area contributed by atoms with Crippen LogP contribution in [-0.2, 0) is 11.3 Å². The third-order valence-corrected chi connectivity index (χ3v) is 5.73. The molecular weight excluding hydrogens is 388 g/mol. The van der Waals surface area contributed by atoms with Crippen LogP contribution in [0.1, 0.15) is 37.6 Å². The summed E-state index contributed by atoms with van der Waals surface area (Å²) in [6.07, 6.45) is 0.794. The van der Waals surface area contributed by atoms with Crippen LogP contribution in [0.3, 0.4) is 0 Å². The molecule has 0 unspecified atom stereocenters. The molecule has 0 aliphatic carbocycles. The molecule has 0 aliphatic heterocycles. The van der Waals surface area contributed by atoms with Crippen LogP contribution in [-0.4, -0.2) is 33.3 Å². The topological polar surface area (TPSA) is 89.0 Å². The van der Waals surface area contributed by atoms with Crippen molar-refractivity contribution in [3.63, 3.8) is 0 Å². The minimum atomic E-state index is -0.117. The van der Waals surface area contributed by atoms with Crippen molar-refractivity contribution in [2.45, 2.75) is 44.9 Å². The van der Waals surface area contributed by atoms with Crippen molar-refractivity contribution < 1.29 is 9.53 Å². The zero-order valence-electron chi connectivity index (χ0n) is 17.1. The van der Waals surface area contributed by atoms with Crippen LogP contribution >= 0.6 is 11.8 Å². The predicted molar refractivity (Wildman–Crippen MR) is 116 cm³/mol. The van der Waals surface area contributed by atoms with Crippen LogP contribution in [0.2, 0.25) is 0 Å². The van der Waals surface area contributed by atoms with Crippen LogP contribution in [0.25, 0.3) is 11.0 Å². The molecule has 0 saturated carbocycles. The first-order valence-electron chi connectivity index (χ1n) is 9.57. The first-order chi connectivity index (χ1) is 13.9. The third-order valence-electron chi connectivity index (χ3n) is 4.77. The number of thioether (sulfide) groups is 1. The molecule has 8 heteroatoms. The van der Waals surface area contributed by atoms with Crippen LogP contribution in [0.4, 0.5) is 0 Å². The molecule has 2 N–H and O–H groups in total. The average molecular weight is 415 g/mol. The lowest BCUT2D eigenvalue weighted by atomic mass is 10.2. The van der Waals surface area contributed by atoms with Crippen molar-refractivity contribution in [2.24, 2.45) is 0 Å². The molecule has 0 saturated heterocycles. The summed E-state index contributed by atoms with van der Waals surface area (Å²) in [6, 6.07) is 9.41. The summed E-state index contributed by atoms with van der Waals surface area (Å²) in [4.78, 5) is 33.0. The summed E-state index contributed by atoms with van der Waals surface area (Å²) >= 11 is 1.28. The lowest BCUT2D eigenvalue weighted by Crippen LogP contribution is -2.28. The standard InChI is InChI=1S/C21H26N4O3S/c1-5-14(3)25-20(27)19-17(9-13(2)23-19)24-21(25)29-12-18(26)22-11-15-7-6-8-16(10-15)28-4/h6-10,14,23H,5,11-12H2,1-4H3,(H,22,26)/t14-/m0/s1. The Bertz CT molecular complexity index is 1070. The molecule has 2 heterocycles. The number of H-pyrrole nitrogens is 1. The third kappa shape index (κ3) is 4.82. The lowest BCUT2D eigenvalue weighted by Gasteiger charge is -2.17. The number of fused-ring (bicyclic) bond motifs is 1. The fourth-order valence-electron chi connectivity index (χ4n) is 3.03. The maximum absolute atomic E-state index is 12.9. The van der Waals surface area contributed by atoms with Gasteiger partial charge in [-0.1, -0.05) is 30.8 Å². The maximum Gasteiger partial charge on any atom is 0.278 e. The van der Waals surface area contributed by atoms with Gasteiger partial charge in [-0.2, -0.15) is 0 Å². The maximum atomic E-state index is 12.9. The molecule has 0 fully saturated rings. The van der Waals surface area contributed by atoms with Gasteiger partial charge < -0.3 is 15.0 Å². The molecular formula is C21H26N4O3S. The zero-order chi connectivity index (χ0) is 21.0. The van der Waals surface area contributed by atoms with E-state index in [-0.39, 0.29) is 23.3 Å². The highest BCUT2D eigenvalue weighted by atomic mass is 32.2. The Balaban J connectivity index is 1.73. The van der Waals surface area contributed by atoms with E-state index in [9.17, 15) is 9.59 Å². The zero-order valence-corrected chi connectivity index (χ0v) is 17.9. The number of aromatic nitrogens is 3. The van der Waals surface area contributed by atoms with Crippen LogP contribution in [0, 0.1) is 6.92 Å². The molecule has 1 aromatic carbocycles. The Hall–Kier alpha value is -2.74. The second kappa shape index (κ2) is 9.17. The van der Waals surface area contributed by atoms with E-state index in [1.54, 1.807) is 11.7 Å². The molecule has 3 aromatic rings. The van der Waals surface area contributed by atoms with Crippen LogP contribution in [0.15, 0.2) is 40.3 Å². The molecule has 0 bridgehead atoms. The Morgan fingerprint density at radius 3 is 2.90 bits per heavy atom. The van der Waals surface area contributed by atoms with Crippen molar-refractivity contribution in [3.05, 3.63) is 51.9 Å². The van der Waals surface area contributed by atoms with Gasteiger partial charge >= 0.3 is 0 Å². The first-order valence-corrected chi connectivity index (χ1v) is 10.6. The van der Waals surface area contributed by atoms with E-state index in [2.05, 4.69) is 15.3 Å². The number of rotatable bonds is 8. The van der Waals surface area contributed by atoms with Gasteiger partial charge in [-0.15, -0.1) is 0 Å². The fourth-order valence-corrected chi connectivity index (χ4v) is 3.95. The number of aryl methyl sites for hydroxylation is 1. The summed E-state index contributed by atoms with van der Waals surface area (Å²) < 4.78 is 6.88. The number of benzene rings is 1. The van der Waals surface area contributed by atoms with E-state index in [1.165, 1.54) is 11.8 Å². The minimum absolute atomic E-state index is 0.00893. The fraction of sp³-hybridized carbons (Fsp3) is 0.381. The van der Waals surface area contributed by atoms with E-state index in [4.69, 9.17) is 4.74 Å². The van der Waals surface area contributed by atoms with Gasteiger partial charge in [-0.3, -0.25) is 14.2 Å². The van der Waals surface area contributed by atoms with E-state index in [0.717, 1.165) is 23.4 Å². The second-order valence-electron chi connectivity index (χ2n) is 6.96. The molecule has 0 aliphatic rings. The SMILES string of the molecule is CC[C@H](C)n1c(SCC(=O)NCc2cccc(OC)c2)nc2cc(C)[nH]c2c1=O. The number of carbonyl (C=O) groups excluding carboxylic acids is 1. The van der Waals surface area contributed by atoms with Crippen LogP contribution in [0.5, 0.6) is 5.75 Å². The number of hydrogen-bond acceptors (Lipinski definition) is 5. The molecule has 0 radical (unpaired) electrons. The second-order valence-corrected chi connectivity index (χ2v) is 7.90. The number of aromatic amines is 1. The van der Waals surface area contributed by atoms with Crippen LogP contribution < -0.4 is 15.6 Å². The molecule has 7 nitrogen and oxygen atoms in total. The van der Waals surface area contributed by atoms with Crippen molar-refractivity contribution >= 4 is 28.7 Å². The van der Waals surface area contributed by atoms with Gasteiger partial charge in [0.15, 0.2) is 5.16 Å². The van der Waals surface area contributed by atoms with Gasteiger partial charge in [0.05, 0.1) is 18.4 Å². The summed E-state index contributed by atoms with van der Waals surface area (Å²) in [5, 5.41) is 3.46. The number of nitrogens with one attached hydrogen (secondary N) is 2. The van der Waals surface area contributed by atoms with Gasteiger partial charge in [-0.05, 0) is 44.0 Å². The van der Waals surface area contributed by atoms with Gasteiger partial charge in [0, 0.05) is 18.3 Å². The number of methoxy groups -OCH3 is 1. The summed E-state index contributed by atoms with van der Waals surface area (Å²) in [5.41, 5.74) is 2.89. The average Bonchev–Trinajstić information content (AvgIpc) is 3.11. The van der Waals surface area contributed by atoms with Gasteiger partial charge in [0.2, 0.25) is 5.91 Å². The van der Waals surface area contributed by atoms with E-state index in [0.29, 0.717) is 22.7 Å². The number of amides is 1. The van der Waals surface area contributed by atoms with Crippen molar-refractivity contribution in [1.82, 2.24) is 19.9 Å². The molecule has 0 spiro atoms. The summed E-state index contributed by atoms with van der Waals surface area (Å²) in [7, 11) is 1.61. The predicted octanol–water partition coefficient (Wildman–Crippen LogP) is 3.42. The Morgan fingerprint density at radius 2 is 2.17 bits per heavy atom. The van der Waals surface area contributed by atoms with Gasteiger partial charge in [0.25, 0.3) is 5.56 Å². The molecule has 2 aromatic heterocycles. The normalized spacial score (nSPS) is 12.1. The smallest absolute Gasteiger partial charge is 0.278 e. The highest BCUT2D eigenvalue weighted by molar-refractivity contribution is 7.99. The van der Waals surface area contributed by atoms with Crippen molar-refractivity contribution in [3.8, 4) is 5.75 Å². The Morgan fingerprint density at radius 1 is 1.38 bits per heavy atom. The monoisotopic (exact) mass is 414 g/mol. The van der Waals surface area contributed by atoms with Gasteiger partial charge in [0.1, 0.15) is 11.3 Å². The number of nitrogens with zero attached hydrogens (tertiary/aromatic N) is 2. The highest BCUT2D eigenvalue weighted by Gasteiger charge is 2.18. The quantitative estimate of drug-likeness (QED) is 0.435. The summed E-state index contributed by atoms with van der Waals surface area (Å²) in [5.74, 6) is 0.818. The number of carbonyl (C=O) groups is 1. The van der Waals surface area contributed by atoms with E-state index >= 15 is 0 Å². The molecule has 1 amide bonds. The van der Waals surface area contributed by atoms with E-state index in [1.807, 2.05) is 51.1 Å². The number of ether oxygens (including phenoxy) is 1. The van der Waals surface area contributed by atoms with E-state index < -0.39 is 0 Å². The van der Waals surface area contributed by atoms with Crippen molar-refractivity contribution in [2.75, 3.05) is 12.9 Å².